The van der Waals surface area contributed by atoms with E-state index in [1.165, 1.54) is 16.4 Å². The van der Waals surface area contributed by atoms with Crippen LogP contribution < -0.4 is 16.6 Å². The lowest BCUT2D eigenvalue weighted by Gasteiger charge is -2.09. The number of carbonyl (C=O) groups is 1. The van der Waals surface area contributed by atoms with Crippen LogP contribution in [0.15, 0.2) is 15.1 Å². The molecule has 0 fully saturated rings. The minimum absolute atomic E-state index is 0.160. The Morgan fingerprint density at radius 3 is 2.95 bits per heavy atom. The van der Waals surface area contributed by atoms with Gasteiger partial charge in [0.15, 0.2) is 0 Å². The SMILES string of the molecule is CC.NCCNC(=O)CCc1nnc2n(c1=O)N=CCS2. The number of fused-ring (bicyclic) bond motifs is 1. The molecule has 1 aromatic heterocycles. The minimum Gasteiger partial charge on any atom is -0.355 e. The van der Waals surface area contributed by atoms with Crippen molar-refractivity contribution in [3.05, 3.63) is 16.0 Å². The van der Waals surface area contributed by atoms with Crippen molar-refractivity contribution in [3.8, 4) is 0 Å². The summed E-state index contributed by atoms with van der Waals surface area (Å²) < 4.78 is 1.22. The fourth-order valence-electron chi connectivity index (χ4n) is 1.50. The molecule has 0 aliphatic carbocycles. The molecule has 0 saturated heterocycles. The summed E-state index contributed by atoms with van der Waals surface area (Å²) in [6, 6.07) is 0. The van der Waals surface area contributed by atoms with E-state index in [1.54, 1.807) is 6.21 Å². The molecule has 21 heavy (non-hydrogen) atoms. The highest BCUT2D eigenvalue weighted by Crippen LogP contribution is 2.14. The molecule has 8 nitrogen and oxygen atoms in total. The number of nitrogens with two attached hydrogens (primary N) is 1. The lowest BCUT2D eigenvalue weighted by atomic mass is 10.2. The fourth-order valence-corrected chi connectivity index (χ4v) is 2.15. The Bertz CT molecular complexity index is 557. The van der Waals surface area contributed by atoms with Gasteiger partial charge in [0.05, 0.1) is 0 Å². The van der Waals surface area contributed by atoms with E-state index >= 15 is 0 Å². The van der Waals surface area contributed by atoms with E-state index in [4.69, 9.17) is 5.73 Å². The molecule has 1 aliphatic heterocycles. The second-order valence-corrected chi connectivity index (χ2v) is 4.78. The highest BCUT2D eigenvalue weighted by Gasteiger charge is 2.15. The van der Waals surface area contributed by atoms with Crippen LogP contribution in [0.5, 0.6) is 0 Å². The number of nitrogens with zero attached hydrogens (tertiary/aromatic N) is 4. The number of hydrogen-bond donors (Lipinski definition) is 2. The van der Waals surface area contributed by atoms with E-state index in [2.05, 4.69) is 20.6 Å². The third-order valence-electron chi connectivity index (χ3n) is 2.42. The molecular weight excluding hydrogens is 292 g/mol. The number of nitrogens with one attached hydrogen (secondary N) is 1. The molecule has 9 heteroatoms. The summed E-state index contributed by atoms with van der Waals surface area (Å²) >= 11 is 1.39. The standard InChI is InChI=1S/C10H14N6O2S.C2H6/c11-3-4-12-8(17)2-1-7-9(18)16-10(15-14-7)19-6-5-13-16;1-2/h5H,1-4,6,11H2,(H,12,17);1-2H3. The van der Waals surface area contributed by atoms with Gasteiger partial charge in [-0.15, -0.1) is 10.2 Å². The second kappa shape index (κ2) is 9.24. The van der Waals surface area contributed by atoms with Gasteiger partial charge in [0.25, 0.3) is 5.56 Å². The van der Waals surface area contributed by atoms with Crippen LogP contribution in [0.4, 0.5) is 0 Å². The van der Waals surface area contributed by atoms with Crippen LogP contribution in [-0.4, -0.2) is 45.8 Å². The lowest BCUT2D eigenvalue weighted by molar-refractivity contribution is -0.121. The Morgan fingerprint density at radius 2 is 2.24 bits per heavy atom. The number of aryl methyl sites for hydroxylation is 1. The highest BCUT2D eigenvalue weighted by atomic mass is 32.2. The normalized spacial score (nSPS) is 12.1. The molecule has 0 radical (unpaired) electrons. The van der Waals surface area contributed by atoms with E-state index in [9.17, 15) is 9.59 Å². The molecule has 2 rings (SSSR count). The van der Waals surface area contributed by atoms with Gasteiger partial charge in [0.2, 0.25) is 11.1 Å². The van der Waals surface area contributed by atoms with Gasteiger partial charge < -0.3 is 11.1 Å². The summed E-state index contributed by atoms with van der Waals surface area (Å²) in [6.07, 6.45) is 2.06. The van der Waals surface area contributed by atoms with Crippen LogP contribution in [-0.2, 0) is 11.2 Å². The average Bonchev–Trinajstić information content (AvgIpc) is 2.54. The van der Waals surface area contributed by atoms with Gasteiger partial charge in [-0.2, -0.15) is 9.78 Å². The molecule has 116 valence electrons. The average molecular weight is 312 g/mol. The zero-order valence-electron chi connectivity index (χ0n) is 12.2. The van der Waals surface area contributed by atoms with E-state index in [0.29, 0.717) is 24.0 Å². The van der Waals surface area contributed by atoms with Crippen LogP contribution >= 0.6 is 11.8 Å². The Labute approximate surface area is 127 Å². The van der Waals surface area contributed by atoms with Gasteiger partial charge in [0, 0.05) is 37.9 Å². The van der Waals surface area contributed by atoms with Crippen molar-refractivity contribution in [1.29, 1.82) is 0 Å². The summed E-state index contributed by atoms with van der Waals surface area (Å²) in [7, 11) is 0. The van der Waals surface area contributed by atoms with Crippen LogP contribution in [0.3, 0.4) is 0 Å². The fraction of sp³-hybridized carbons (Fsp3) is 0.583. The number of hydrogen-bond acceptors (Lipinski definition) is 7. The Kier molecular flexibility index (Phi) is 7.62. The maximum atomic E-state index is 12.0. The Balaban J connectivity index is 0.00000106. The molecule has 2 heterocycles. The quantitative estimate of drug-likeness (QED) is 0.765. The summed E-state index contributed by atoms with van der Waals surface area (Å²) in [5.74, 6) is 0.516. The predicted molar refractivity (Wildman–Crippen MR) is 82.6 cm³/mol. The number of aromatic nitrogens is 3. The number of rotatable bonds is 5. The molecule has 1 aromatic rings. The van der Waals surface area contributed by atoms with Gasteiger partial charge in [-0.1, -0.05) is 25.6 Å². The largest absolute Gasteiger partial charge is 0.355 e. The summed E-state index contributed by atoms with van der Waals surface area (Å²) in [4.78, 5) is 23.4. The van der Waals surface area contributed by atoms with Gasteiger partial charge in [-0.3, -0.25) is 9.59 Å². The number of carbonyl (C=O) groups excluding carboxylic acids is 1. The third-order valence-corrected chi connectivity index (χ3v) is 3.24. The molecule has 0 spiro atoms. The minimum atomic E-state index is -0.319. The molecule has 0 bridgehead atoms. The van der Waals surface area contributed by atoms with Crippen molar-refractivity contribution in [2.75, 3.05) is 18.8 Å². The van der Waals surface area contributed by atoms with Crippen LogP contribution in [0.25, 0.3) is 0 Å². The summed E-state index contributed by atoms with van der Waals surface area (Å²) in [5, 5.41) is 14.9. The van der Waals surface area contributed by atoms with Gasteiger partial charge in [-0.05, 0) is 0 Å². The predicted octanol–water partition coefficient (Wildman–Crippen LogP) is -0.388. The lowest BCUT2D eigenvalue weighted by Crippen LogP contribution is -2.31. The van der Waals surface area contributed by atoms with Crippen molar-refractivity contribution in [2.45, 2.75) is 31.8 Å². The first kappa shape index (κ1) is 17.3. The summed E-state index contributed by atoms with van der Waals surface area (Å²) in [6.45, 7) is 4.81. The van der Waals surface area contributed by atoms with E-state index < -0.39 is 0 Å². The van der Waals surface area contributed by atoms with Gasteiger partial charge in [0.1, 0.15) is 5.69 Å². The molecule has 3 N–H and O–H groups in total. The van der Waals surface area contributed by atoms with Crippen molar-refractivity contribution in [1.82, 2.24) is 20.2 Å². The molecule has 1 amide bonds. The Hall–Kier alpha value is -1.74. The number of amides is 1. The molecule has 0 unspecified atom stereocenters. The van der Waals surface area contributed by atoms with E-state index in [0.717, 1.165) is 0 Å². The molecule has 0 aromatic carbocycles. The highest BCUT2D eigenvalue weighted by molar-refractivity contribution is 7.99. The monoisotopic (exact) mass is 312 g/mol. The van der Waals surface area contributed by atoms with Crippen molar-refractivity contribution < 1.29 is 4.79 Å². The zero-order chi connectivity index (χ0) is 15.7. The van der Waals surface area contributed by atoms with Crippen molar-refractivity contribution >= 4 is 23.9 Å². The van der Waals surface area contributed by atoms with Gasteiger partial charge in [-0.25, -0.2) is 0 Å². The topological polar surface area (TPSA) is 115 Å². The maximum Gasteiger partial charge on any atom is 0.296 e. The van der Waals surface area contributed by atoms with E-state index in [-0.39, 0.29) is 30.0 Å². The molecule has 0 atom stereocenters. The first-order valence-corrected chi connectivity index (χ1v) is 7.82. The molecular formula is C12H20N6O2S. The van der Waals surface area contributed by atoms with Crippen LogP contribution in [0.1, 0.15) is 26.0 Å². The van der Waals surface area contributed by atoms with Crippen LogP contribution in [0, 0.1) is 0 Å². The third kappa shape index (κ3) is 4.94. The zero-order valence-corrected chi connectivity index (χ0v) is 13.0. The maximum absolute atomic E-state index is 12.0. The summed E-state index contributed by atoms with van der Waals surface area (Å²) in [5.41, 5.74) is 5.20. The Morgan fingerprint density at radius 1 is 1.48 bits per heavy atom. The number of thioether (sulfide) groups is 1. The molecule has 1 aliphatic rings. The molecule has 0 saturated carbocycles. The smallest absolute Gasteiger partial charge is 0.296 e. The van der Waals surface area contributed by atoms with Crippen molar-refractivity contribution in [3.63, 3.8) is 0 Å². The first-order chi connectivity index (χ1) is 10.2. The van der Waals surface area contributed by atoms with E-state index in [1.807, 2.05) is 13.8 Å². The first-order valence-electron chi connectivity index (χ1n) is 6.83. The van der Waals surface area contributed by atoms with Gasteiger partial charge >= 0.3 is 0 Å². The van der Waals surface area contributed by atoms with Crippen molar-refractivity contribution in [2.24, 2.45) is 10.8 Å². The van der Waals surface area contributed by atoms with Crippen LogP contribution in [0.2, 0.25) is 0 Å². The second-order valence-electron chi connectivity index (χ2n) is 3.79.